The topological polar surface area (TPSA) is 30.7 Å². The molecule has 3 rings (SSSR count). The van der Waals surface area contributed by atoms with E-state index in [0.29, 0.717) is 27.2 Å². The van der Waals surface area contributed by atoms with Gasteiger partial charge in [0.15, 0.2) is 5.65 Å². The highest BCUT2D eigenvalue weighted by atomic mass is 35.5. The zero-order chi connectivity index (χ0) is 13.4. The Balaban J connectivity index is 2.41. The van der Waals surface area contributed by atoms with E-state index in [-0.39, 0.29) is 5.88 Å². The van der Waals surface area contributed by atoms with Gasteiger partial charge in [-0.1, -0.05) is 29.3 Å². The Morgan fingerprint density at radius 2 is 1.79 bits per heavy atom. The Bertz CT molecular complexity index is 732. The van der Waals surface area contributed by atoms with Crippen LogP contribution in [-0.4, -0.2) is 14.5 Å². The van der Waals surface area contributed by atoms with Crippen molar-refractivity contribution in [2.24, 2.45) is 0 Å². The first-order valence-corrected chi connectivity index (χ1v) is 6.84. The summed E-state index contributed by atoms with van der Waals surface area (Å²) in [5.74, 6) is 0.906. The molecule has 19 heavy (non-hydrogen) atoms. The summed E-state index contributed by atoms with van der Waals surface area (Å²) in [6.45, 7) is 0. The van der Waals surface area contributed by atoms with E-state index in [1.54, 1.807) is 29.0 Å². The van der Waals surface area contributed by atoms with Crippen LogP contribution in [0.1, 0.15) is 5.82 Å². The Kier molecular flexibility index (Phi) is 3.35. The predicted molar refractivity (Wildman–Crippen MR) is 78.4 cm³/mol. The molecule has 0 radical (unpaired) electrons. The quantitative estimate of drug-likeness (QED) is 0.654. The molecule has 0 amide bonds. The van der Waals surface area contributed by atoms with Gasteiger partial charge in [-0.15, -0.1) is 11.6 Å². The second kappa shape index (κ2) is 5.00. The van der Waals surface area contributed by atoms with Crippen LogP contribution in [0.4, 0.5) is 0 Å². The van der Waals surface area contributed by atoms with Crippen molar-refractivity contribution in [1.82, 2.24) is 14.5 Å². The number of hydrogen-bond acceptors (Lipinski definition) is 2. The molecular weight excluding hydrogens is 305 g/mol. The van der Waals surface area contributed by atoms with Gasteiger partial charge in [0.1, 0.15) is 11.3 Å². The van der Waals surface area contributed by atoms with Crippen molar-refractivity contribution in [3.05, 3.63) is 52.4 Å². The van der Waals surface area contributed by atoms with Crippen LogP contribution in [0.15, 0.2) is 36.5 Å². The predicted octanol–water partition coefficient (Wildman–Crippen LogP) is 4.47. The minimum atomic E-state index is 0.248. The molecule has 1 aromatic carbocycles. The number of benzene rings is 1. The van der Waals surface area contributed by atoms with Crippen LogP contribution in [0.3, 0.4) is 0 Å². The molecule has 0 bridgehead atoms. The molecular formula is C13H8Cl3N3. The van der Waals surface area contributed by atoms with Crippen LogP contribution in [0.2, 0.25) is 10.0 Å². The van der Waals surface area contributed by atoms with Crippen LogP contribution in [0.5, 0.6) is 0 Å². The summed E-state index contributed by atoms with van der Waals surface area (Å²) in [6, 6.07) is 9.04. The Morgan fingerprint density at radius 3 is 2.47 bits per heavy atom. The summed E-state index contributed by atoms with van der Waals surface area (Å²) < 4.78 is 1.80. The number of aromatic nitrogens is 3. The van der Waals surface area contributed by atoms with E-state index < -0.39 is 0 Å². The fourth-order valence-electron chi connectivity index (χ4n) is 1.99. The van der Waals surface area contributed by atoms with Crippen LogP contribution in [-0.2, 0) is 5.88 Å². The first-order valence-electron chi connectivity index (χ1n) is 5.55. The van der Waals surface area contributed by atoms with Crippen LogP contribution >= 0.6 is 34.8 Å². The number of halogens is 3. The summed E-state index contributed by atoms with van der Waals surface area (Å²) in [4.78, 5) is 8.77. The smallest absolute Gasteiger partial charge is 0.164 e. The number of alkyl halides is 1. The van der Waals surface area contributed by atoms with Crippen LogP contribution < -0.4 is 0 Å². The lowest BCUT2D eigenvalue weighted by Crippen LogP contribution is -2.02. The number of hydrogen-bond donors (Lipinski definition) is 0. The minimum Gasteiger partial charge on any atom is -0.277 e. The maximum absolute atomic E-state index is 6.25. The third-order valence-corrected chi connectivity index (χ3v) is 3.62. The van der Waals surface area contributed by atoms with Gasteiger partial charge in [0.05, 0.1) is 21.6 Å². The molecule has 2 aromatic heterocycles. The number of nitrogens with zero attached hydrogens (tertiary/aromatic N) is 3. The van der Waals surface area contributed by atoms with Crippen molar-refractivity contribution in [2.45, 2.75) is 5.88 Å². The molecule has 0 aliphatic carbocycles. The number of rotatable bonds is 2. The van der Waals surface area contributed by atoms with Crippen LogP contribution in [0, 0.1) is 0 Å². The van der Waals surface area contributed by atoms with Crippen molar-refractivity contribution in [1.29, 1.82) is 0 Å². The number of fused-ring (bicyclic) bond motifs is 1. The molecule has 0 N–H and O–H groups in total. The Morgan fingerprint density at radius 1 is 1.05 bits per heavy atom. The summed E-state index contributed by atoms with van der Waals surface area (Å²) in [7, 11) is 0. The van der Waals surface area contributed by atoms with Gasteiger partial charge in [-0.2, -0.15) is 0 Å². The summed E-state index contributed by atoms with van der Waals surface area (Å²) in [5.41, 5.74) is 2.10. The molecule has 0 spiro atoms. The summed E-state index contributed by atoms with van der Waals surface area (Å²) in [6.07, 6.45) is 1.70. The first kappa shape index (κ1) is 12.7. The van der Waals surface area contributed by atoms with Gasteiger partial charge >= 0.3 is 0 Å². The summed E-state index contributed by atoms with van der Waals surface area (Å²) in [5, 5.41) is 1.06. The van der Waals surface area contributed by atoms with Gasteiger partial charge < -0.3 is 0 Å². The molecule has 0 atom stereocenters. The third kappa shape index (κ3) is 2.08. The second-order valence-electron chi connectivity index (χ2n) is 3.91. The molecule has 0 fully saturated rings. The molecule has 0 aliphatic rings. The molecule has 2 heterocycles. The van der Waals surface area contributed by atoms with Crippen molar-refractivity contribution in [3.8, 4) is 5.69 Å². The minimum absolute atomic E-state index is 0.248. The van der Waals surface area contributed by atoms with E-state index >= 15 is 0 Å². The summed E-state index contributed by atoms with van der Waals surface area (Å²) >= 11 is 18.5. The van der Waals surface area contributed by atoms with Gasteiger partial charge in [-0.05, 0) is 24.3 Å². The zero-order valence-corrected chi connectivity index (χ0v) is 11.9. The van der Waals surface area contributed by atoms with Crippen molar-refractivity contribution in [3.63, 3.8) is 0 Å². The highest BCUT2D eigenvalue weighted by Gasteiger charge is 2.17. The van der Waals surface area contributed by atoms with Crippen molar-refractivity contribution in [2.75, 3.05) is 0 Å². The normalized spacial score (nSPS) is 11.1. The van der Waals surface area contributed by atoms with Gasteiger partial charge in [-0.25, -0.2) is 9.97 Å². The van der Waals surface area contributed by atoms with E-state index in [1.807, 2.05) is 12.1 Å². The average Bonchev–Trinajstić information content (AvgIpc) is 2.77. The first-order chi connectivity index (χ1) is 9.22. The van der Waals surface area contributed by atoms with Gasteiger partial charge in [0, 0.05) is 6.20 Å². The van der Waals surface area contributed by atoms with E-state index in [0.717, 1.165) is 5.52 Å². The SMILES string of the molecule is ClCc1nc2cccnc2n1-c1c(Cl)cccc1Cl. The van der Waals surface area contributed by atoms with Gasteiger partial charge in [-0.3, -0.25) is 4.57 Å². The fraction of sp³-hybridized carbons (Fsp3) is 0.0769. The van der Waals surface area contributed by atoms with E-state index in [9.17, 15) is 0 Å². The van der Waals surface area contributed by atoms with Crippen molar-refractivity contribution >= 4 is 46.0 Å². The van der Waals surface area contributed by atoms with Gasteiger partial charge in [0.2, 0.25) is 0 Å². The molecule has 0 saturated carbocycles. The van der Waals surface area contributed by atoms with E-state index in [4.69, 9.17) is 34.8 Å². The number of pyridine rings is 1. The Labute approximate surface area is 124 Å². The largest absolute Gasteiger partial charge is 0.277 e. The van der Waals surface area contributed by atoms with Gasteiger partial charge in [0.25, 0.3) is 0 Å². The third-order valence-electron chi connectivity index (χ3n) is 2.77. The number of para-hydroxylation sites is 1. The molecule has 6 heteroatoms. The van der Waals surface area contributed by atoms with E-state index in [2.05, 4.69) is 9.97 Å². The standard InChI is InChI=1S/C13H8Cl3N3/c14-7-11-18-10-5-2-6-17-13(10)19(11)12-8(15)3-1-4-9(12)16/h1-6H,7H2. The molecule has 96 valence electrons. The maximum atomic E-state index is 6.25. The highest BCUT2D eigenvalue weighted by molar-refractivity contribution is 6.37. The van der Waals surface area contributed by atoms with E-state index in [1.165, 1.54) is 0 Å². The highest BCUT2D eigenvalue weighted by Crippen LogP contribution is 2.32. The molecule has 3 nitrogen and oxygen atoms in total. The lowest BCUT2D eigenvalue weighted by molar-refractivity contribution is 0.970. The molecule has 0 unspecified atom stereocenters. The monoisotopic (exact) mass is 311 g/mol. The zero-order valence-electron chi connectivity index (χ0n) is 9.65. The second-order valence-corrected chi connectivity index (χ2v) is 5.00. The van der Waals surface area contributed by atoms with Crippen LogP contribution in [0.25, 0.3) is 16.9 Å². The molecule has 0 saturated heterocycles. The fourth-order valence-corrected chi connectivity index (χ4v) is 2.73. The van der Waals surface area contributed by atoms with Crippen molar-refractivity contribution < 1.29 is 0 Å². The average molecular weight is 313 g/mol. The molecule has 0 aliphatic heterocycles. The lowest BCUT2D eigenvalue weighted by Gasteiger charge is -2.10. The maximum Gasteiger partial charge on any atom is 0.164 e. The molecule has 3 aromatic rings. The Hall–Kier alpha value is -1.29. The number of imidazole rings is 1. The lowest BCUT2D eigenvalue weighted by atomic mass is 10.3.